The summed E-state index contributed by atoms with van der Waals surface area (Å²) in [6, 6.07) is 23.8. The molecule has 4 amide bonds. The van der Waals surface area contributed by atoms with Crippen molar-refractivity contribution in [2.45, 2.75) is 25.9 Å². The van der Waals surface area contributed by atoms with Crippen molar-refractivity contribution in [1.29, 1.82) is 0 Å². The highest BCUT2D eigenvalue weighted by atomic mass is 16.2. The van der Waals surface area contributed by atoms with Gasteiger partial charge < -0.3 is 20.4 Å². The maximum Gasteiger partial charge on any atom is 0.319 e. The van der Waals surface area contributed by atoms with Gasteiger partial charge >= 0.3 is 6.03 Å². The summed E-state index contributed by atoms with van der Waals surface area (Å²) in [5.41, 5.74) is 3.80. The lowest BCUT2D eigenvalue weighted by molar-refractivity contribution is -0.128. The van der Waals surface area contributed by atoms with E-state index in [1.54, 1.807) is 36.2 Å². The Morgan fingerprint density at radius 1 is 0.941 bits per heavy atom. The second-order valence-electron chi connectivity index (χ2n) is 8.33. The van der Waals surface area contributed by atoms with Gasteiger partial charge in [-0.3, -0.25) is 9.59 Å². The summed E-state index contributed by atoms with van der Waals surface area (Å²) in [5, 5.41) is 5.64. The van der Waals surface area contributed by atoms with Crippen LogP contribution in [0.3, 0.4) is 0 Å². The van der Waals surface area contributed by atoms with Crippen LogP contribution in [0.4, 0.5) is 16.2 Å². The summed E-state index contributed by atoms with van der Waals surface area (Å²) < 4.78 is 0. The second-order valence-corrected chi connectivity index (χ2v) is 8.33. The van der Waals surface area contributed by atoms with E-state index in [4.69, 9.17) is 0 Å². The highest BCUT2D eigenvalue weighted by Crippen LogP contribution is 2.18. The average molecular weight is 457 g/mol. The molecule has 0 atom stereocenters. The average Bonchev–Trinajstić information content (AvgIpc) is 3.27. The van der Waals surface area contributed by atoms with Gasteiger partial charge in [-0.1, -0.05) is 48.5 Å². The van der Waals surface area contributed by atoms with Crippen LogP contribution >= 0.6 is 0 Å². The molecule has 1 aliphatic heterocycles. The monoisotopic (exact) mass is 456 g/mol. The first kappa shape index (κ1) is 23.0. The number of rotatable bonds is 7. The molecular formula is C27H28N4O3. The largest absolute Gasteiger partial charge is 0.338 e. The number of hydrogen-bond donors (Lipinski definition) is 2. The molecule has 34 heavy (non-hydrogen) atoms. The van der Waals surface area contributed by atoms with E-state index in [9.17, 15) is 14.4 Å². The standard InChI is InChI=1S/C27H28N4O3/c1-30(24-12-3-2-4-13-24)26(33)22-10-6-11-23(17-22)29-27(34)28-18-20-8-5-9-21(16-20)19-31-15-7-14-25(31)32/h2-6,8-13,16-17H,7,14-15,18-19H2,1H3,(H2,28,29,34). The minimum absolute atomic E-state index is 0.163. The van der Waals surface area contributed by atoms with Crippen LogP contribution in [0, 0.1) is 0 Å². The highest BCUT2D eigenvalue weighted by Gasteiger charge is 2.20. The zero-order chi connectivity index (χ0) is 23.9. The number of carbonyl (C=O) groups is 3. The van der Waals surface area contributed by atoms with E-state index in [0.29, 0.717) is 30.8 Å². The Labute approximate surface area is 199 Å². The molecule has 7 nitrogen and oxygen atoms in total. The van der Waals surface area contributed by atoms with Gasteiger partial charge in [-0.25, -0.2) is 4.79 Å². The highest BCUT2D eigenvalue weighted by molar-refractivity contribution is 6.06. The normalized spacial score (nSPS) is 13.0. The minimum Gasteiger partial charge on any atom is -0.338 e. The maximum absolute atomic E-state index is 12.8. The fraction of sp³-hybridized carbons (Fsp3) is 0.222. The topological polar surface area (TPSA) is 81.8 Å². The quantitative estimate of drug-likeness (QED) is 0.553. The van der Waals surface area contributed by atoms with Crippen LogP contribution in [-0.4, -0.2) is 36.3 Å². The smallest absolute Gasteiger partial charge is 0.319 e. The van der Waals surface area contributed by atoms with E-state index in [0.717, 1.165) is 29.8 Å². The molecule has 7 heteroatoms. The first-order chi connectivity index (χ1) is 16.5. The number of carbonyl (C=O) groups excluding carboxylic acids is 3. The number of nitrogens with one attached hydrogen (secondary N) is 2. The number of hydrogen-bond acceptors (Lipinski definition) is 3. The third-order valence-electron chi connectivity index (χ3n) is 5.80. The second kappa shape index (κ2) is 10.7. The molecule has 1 heterocycles. The van der Waals surface area contributed by atoms with Crippen LogP contribution in [0.1, 0.15) is 34.3 Å². The fourth-order valence-corrected chi connectivity index (χ4v) is 3.98. The van der Waals surface area contributed by atoms with E-state index >= 15 is 0 Å². The Hall–Kier alpha value is -4.13. The molecule has 0 saturated carbocycles. The molecule has 0 unspecified atom stereocenters. The Kier molecular flexibility index (Phi) is 7.22. The van der Waals surface area contributed by atoms with Crippen molar-refractivity contribution in [1.82, 2.24) is 10.2 Å². The van der Waals surface area contributed by atoms with Gasteiger partial charge in [-0.05, 0) is 47.9 Å². The summed E-state index contributed by atoms with van der Waals surface area (Å²) in [7, 11) is 1.72. The van der Waals surface area contributed by atoms with Crippen molar-refractivity contribution in [3.8, 4) is 0 Å². The fourth-order valence-electron chi connectivity index (χ4n) is 3.98. The molecule has 4 rings (SSSR count). The molecule has 1 aliphatic rings. The number of likely N-dealkylation sites (tertiary alicyclic amines) is 1. The van der Waals surface area contributed by atoms with E-state index in [1.165, 1.54) is 0 Å². The molecule has 2 N–H and O–H groups in total. The summed E-state index contributed by atoms with van der Waals surface area (Å²) in [6.07, 6.45) is 1.53. The first-order valence-corrected chi connectivity index (χ1v) is 11.3. The van der Waals surface area contributed by atoms with Gasteiger partial charge in [-0.15, -0.1) is 0 Å². The summed E-state index contributed by atoms with van der Waals surface area (Å²) in [5.74, 6) is 0.0298. The molecule has 1 fully saturated rings. The van der Waals surface area contributed by atoms with Crippen LogP contribution in [0.25, 0.3) is 0 Å². The van der Waals surface area contributed by atoms with E-state index in [2.05, 4.69) is 10.6 Å². The van der Waals surface area contributed by atoms with Crippen LogP contribution in [-0.2, 0) is 17.9 Å². The number of nitrogens with zero attached hydrogens (tertiary/aromatic N) is 2. The van der Waals surface area contributed by atoms with Crippen molar-refractivity contribution in [3.05, 3.63) is 95.6 Å². The number of benzene rings is 3. The van der Waals surface area contributed by atoms with Crippen LogP contribution in [0.2, 0.25) is 0 Å². The predicted octanol–water partition coefficient (Wildman–Crippen LogP) is 4.41. The number of urea groups is 1. The van der Waals surface area contributed by atoms with Gasteiger partial charge in [0.2, 0.25) is 5.91 Å². The molecular weight excluding hydrogens is 428 g/mol. The molecule has 0 spiro atoms. The van der Waals surface area contributed by atoms with Crippen LogP contribution in [0.15, 0.2) is 78.9 Å². The third-order valence-corrected chi connectivity index (χ3v) is 5.80. The van der Waals surface area contributed by atoms with E-state index in [-0.39, 0.29) is 17.8 Å². The Balaban J connectivity index is 1.33. The zero-order valence-electron chi connectivity index (χ0n) is 19.2. The molecule has 0 bridgehead atoms. The Morgan fingerprint density at radius 2 is 1.71 bits per heavy atom. The van der Waals surface area contributed by atoms with Gasteiger partial charge in [0.15, 0.2) is 0 Å². The number of para-hydroxylation sites is 1. The summed E-state index contributed by atoms with van der Waals surface area (Å²) in [6.45, 7) is 1.74. The van der Waals surface area contributed by atoms with Gasteiger partial charge in [0.1, 0.15) is 0 Å². The van der Waals surface area contributed by atoms with Crippen molar-refractivity contribution in [3.63, 3.8) is 0 Å². The van der Waals surface area contributed by atoms with Crippen molar-refractivity contribution in [2.24, 2.45) is 0 Å². The van der Waals surface area contributed by atoms with E-state index in [1.807, 2.05) is 59.5 Å². The van der Waals surface area contributed by atoms with Gasteiger partial charge in [0, 0.05) is 50.0 Å². The third kappa shape index (κ3) is 5.81. The molecule has 3 aromatic rings. The van der Waals surface area contributed by atoms with Gasteiger partial charge in [-0.2, -0.15) is 0 Å². The zero-order valence-corrected chi connectivity index (χ0v) is 19.2. The number of anilines is 2. The summed E-state index contributed by atoms with van der Waals surface area (Å²) >= 11 is 0. The van der Waals surface area contributed by atoms with Crippen molar-refractivity contribution in [2.75, 3.05) is 23.8 Å². The van der Waals surface area contributed by atoms with Crippen molar-refractivity contribution >= 4 is 29.2 Å². The Bertz CT molecular complexity index is 1180. The van der Waals surface area contributed by atoms with Crippen molar-refractivity contribution < 1.29 is 14.4 Å². The predicted molar refractivity (Wildman–Crippen MR) is 133 cm³/mol. The van der Waals surface area contributed by atoms with Crippen LogP contribution in [0.5, 0.6) is 0 Å². The lowest BCUT2D eigenvalue weighted by atomic mass is 10.1. The minimum atomic E-state index is -0.360. The van der Waals surface area contributed by atoms with Crippen LogP contribution < -0.4 is 15.5 Å². The summed E-state index contributed by atoms with van der Waals surface area (Å²) in [4.78, 5) is 40.6. The lowest BCUT2D eigenvalue weighted by Crippen LogP contribution is -2.29. The lowest BCUT2D eigenvalue weighted by Gasteiger charge is -2.18. The molecule has 3 aromatic carbocycles. The molecule has 1 saturated heterocycles. The first-order valence-electron chi connectivity index (χ1n) is 11.3. The molecule has 174 valence electrons. The van der Waals surface area contributed by atoms with Gasteiger partial charge in [0.05, 0.1) is 0 Å². The van der Waals surface area contributed by atoms with Gasteiger partial charge in [0.25, 0.3) is 5.91 Å². The molecule has 0 radical (unpaired) electrons. The number of amides is 4. The SMILES string of the molecule is CN(C(=O)c1cccc(NC(=O)NCc2cccc(CN3CCCC3=O)c2)c1)c1ccccc1. The molecule has 0 aliphatic carbocycles. The Morgan fingerprint density at radius 3 is 2.47 bits per heavy atom. The molecule has 0 aromatic heterocycles. The van der Waals surface area contributed by atoms with E-state index < -0.39 is 0 Å². The maximum atomic E-state index is 12.8.